The molecule has 432 valence electrons. The van der Waals surface area contributed by atoms with E-state index < -0.39 is 35.4 Å². The number of piperidine rings is 2. The van der Waals surface area contributed by atoms with Crippen molar-refractivity contribution in [3.05, 3.63) is 130 Å². The fraction of sp³-hybridized carbons (Fsp3) is 0.424. The third-order valence-corrected chi connectivity index (χ3v) is 13.4. The number of ketones is 1. The number of nitrogens with zero attached hydrogens (tertiary/aromatic N) is 8. The molecule has 6 heterocycles. The summed E-state index contributed by atoms with van der Waals surface area (Å²) >= 11 is 0. The number of carbonyl (C=O) groups excluding carboxylic acids is 5. The number of benzene rings is 2. The van der Waals surface area contributed by atoms with E-state index in [0.29, 0.717) is 82.9 Å². The number of amides is 4. The van der Waals surface area contributed by atoms with Crippen LogP contribution >= 0.6 is 0 Å². The first kappa shape index (κ1) is 64.8. The number of anilines is 2. The molecule has 2 saturated heterocycles. The second-order valence-electron chi connectivity index (χ2n) is 21.6. The van der Waals surface area contributed by atoms with E-state index in [0.717, 1.165) is 49.7 Å². The number of aromatic nitrogens is 6. The molecule has 0 spiro atoms. The van der Waals surface area contributed by atoms with Crippen molar-refractivity contribution in [1.82, 2.24) is 39.1 Å². The van der Waals surface area contributed by atoms with Crippen LogP contribution in [0.4, 0.5) is 21.2 Å². The Hall–Kier alpha value is -8.06. The van der Waals surface area contributed by atoms with Crippen molar-refractivity contribution in [2.45, 2.75) is 137 Å². The van der Waals surface area contributed by atoms with Crippen LogP contribution in [0.1, 0.15) is 177 Å². The third-order valence-electron chi connectivity index (χ3n) is 13.4. The van der Waals surface area contributed by atoms with Gasteiger partial charge in [0.2, 0.25) is 0 Å². The van der Waals surface area contributed by atoms with Crippen molar-refractivity contribution in [3.63, 3.8) is 0 Å². The largest absolute Gasteiger partial charge is 1.00 e. The van der Waals surface area contributed by atoms with Crippen molar-refractivity contribution in [2.24, 2.45) is 0 Å². The van der Waals surface area contributed by atoms with Gasteiger partial charge in [-0.25, -0.2) is 43.7 Å². The third kappa shape index (κ3) is 15.7. The molecule has 2 aromatic carbocycles. The van der Waals surface area contributed by atoms with E-state index in [1.807, 2.05) is 79.7 Å². The molecule has 0 unspecified atom stereocenters. The second kappa shape index (κ2) is 28.1. The number of nitrogens with one attached hydrogen (secondary N) is 4. The van der Waals surface area contributed by atoms with E-state index in [1.165, 1.54) is 11.6 Å². The number of rotatable bonds is 14. The summed E-state index contributed by atoms with van der Waals surface area (Å²) < 4.78 is 14.4. The molecule has 23 heteroatoms. The number of hydrogen-bond donors (Lipinski definition) is 5. The first-order valence-electron chi connectivity index (χ1n) is 27.1. The number of carboxylic acids is 1. The van der Waals surface area contributed by atoms with Gasteiger partial charge in [-0.2, -0.15) is 0 Å². The fourth-order valence-corrected chi connectivity index (χ4v) is 9.64. The van der Waals surface area contributed by atoms with Crippen LogP contribution in [0.5, 0.6) is 0 Å². The first-order chi connectivity index (χ1) is 38.0. The molecule has 0 aliphatic carbocycles. The van der Waals surface area contributed by atoms with Crippen molar-refractivity contribution in [3.8, 4) is 22.5 Å². The number of carboxylic acid groups (broad SMARTS) is 1. The van der Waals surface area contributed by atoms with Crippen molar-refractivity contribution >= 4 is 47.4 Å². The summed E-state index contributed by atoms with van der Waals surface area (Å²) in [5, 5.41) is 15.8. The number of likely N-dealkylation sites (tertiary alicyclic amines) is 2. The minimum Gasteiger partial charge on any atom is -0.870 e. The monoisotopic (exact) mass is 1120 g/mol. The van der Waals surface area contributed by atoms with Gasteiger partial charge in [-0.05, 0) is 153 Å². The molecule has 0 radical (unpaired) electrons. The Labute approximate surface area is 490 Å². The molecule has 6 N–H and O–H groups in total. The Morgan fingerprint density at radius 2 is 0.976 bits per heavy atom. The molecule has 4 amide bonds. The van der Waals surface area contributed by atoms with E-state index in [-0.39, 0.29) is 59.4 Å². The number of carbonyl (C=O) groups is 6. The predicted molar refractivity (Wildman–Crippen MR) is 307 cm³/mol. The minimum atomic E-state index is -1.17. The molecule has 2 aliphatic heterocycles. The van der Waals surface area contributed by atoms with Crippen LogP contribution in [0.2, 0.25) is 0 Å². The summed E-state index contributed by atoms with van der Waals surface area (Å²) in [4.78, 5) is 98.5. The molecular formula is C59H75LiN12O10. The van der Waals surface area contributed by atoms with Gasteiger partial charge in [0.05, 0.1) is 12.1 Å². The summed E-state index contributed by atoms with van der Waals surface area (Å²) in [5.41, 5.74) is 9.94. The number of pyridine rings is 2. The number of aromatic carboxylic acids is 1. The number of aryl methyl sites for hydroxylation is 2. The smallest absolute Gasteiger partial charge is 0.870 e. The minimum absolute atomic E-state index is 0. The van der Waals surface area contributed by atoms with Gasteiger partial charge in [-0.15, -0.1) is 0 Å². The quantitative estimate of drug-likeness (QED) is 0.0521. The van der Waals surface area contributed by atoms with E-state index in [2.05, 4.69) is 31.5 Å². The van der Waals surface area contributed by atoms with E-state index >= 15 is 0 Å². The zero-order valence-electron chi connectivity index (χ0n) is 49.0. The maximum Gasteiger partial charge on any atom is 1.00 e. The summed E-state index contributed by atoms with van der Waals surface area (Å²) in [6, 6.07) is 20.1. The Kier molecular flexibility index (Phi) is 22.2. The fourth-order valence-electron chi connectivity index (χ4n) is 9.64. The second-order valence-corrected chi connectivity index (χ2v) is 21.6. The summed E-state index contributed by atoms with van der Waals surface area (Å²) in [7, 11) is 3.33. The molecule has 8 rings (SSSR count). The van der Waals surface area contributed by atoms with Crippen LogP contribution in [0.3, 0.4) is 0 Å². The van der Waals surface area contributed by atoms with Crippen molar-refractivity contribution < 1.29 is 67.7 Å². The van der Waals surface area contributed by atoms with Gasteiger partial charge < -0.3 is 41.5 Å². The average molecular weight is 1120 g/mol. The maximum atomic E-state index is 13.1. The molecular weight excluding hydrogens is 1040 g/mol. The number of Topliss-reactive ketones (excluding diaryl/α,β-unsaturated/α-hetero) is 1. The molecule has 0 saturated carbocycles. The summed E-state index contributed by atoms with van der Waals surface area (Å²) in [6.07, 6.45) is 8.90. The number of hydrogen-bond acceptors (Lipinski definition) is 15. The Bertz CT molecular complexity index is 3010. The average Bonchev–Trinajstić information content (AvgIpc) is 4.16. The van der Waals surface area contributed by atoms with Gasteiger partial charge in [-0.1, -0.05) is 38.1 Å². The maximum absolute atomic E-state index is 13.1. The van der Waals surface area contributed by atoms with Crippen LogP contribution in [0, 0.1) is 0 Å². The Morgan fingerprint density at radius 1 is 0.598 bits per heavy atom. The predicted octanol–water partition coefficient (Wildman–Crippen LogP) is 7.52. The molecule has 6 aromatic rings. The molecule has 2 atom stereocenters. The van der Waals surface area contributed by atoms with Crippen LogP contribution in [-0.2, 0) is 22.3 Å². The van der Waals surface area contributed by atoms with Crippen LogP contribution in [-0.4, -0.2) is 124 Å². The zero-order chi connectivity index (χ0) is 58.1. The van der Waals surface area contributed by atoms with Gasteiger partial charge in [0, 0.05) is 68.8 Å². The Morgan fingerprint density at radius 3 is 1.32 bits per heavy atom. The molecule has 22 nitrogen and oxygen atoms in total. The standard InChI is InChI=1S/C30H38N6O4.C29H36N6O5.Li.H2O/c1-7-20-15-16-32-24(18-20)33-28(38)22-13-11-21(12-14-22)25-26(19(2)37)36(31-6)27(34-25)23-10-8-9-17-35(23)29(39)40-30(3,4)5;1-6-18-14-15-31-22(17-18)32-26(36)20-12-10-19(11-13-20)23-24(27(37)38)35(30-5)25(33-23)21-9-7-8-16-34(21)28(39)40-29(2,3)4;;/h11-16,18,23,31H,7-10,17H2,1-6H3,(H,32,33,38);10-15,17,21,30H,6-9,16H2,1-5H3,(H,37,38)(H,31,32,36);;1H2/q;;+1;/p-1/t23-;21-;;/m00../s1. The van der Waals surface area contributed by atoms with Crippen LogP contribution in [0.15, 0.2) is 85.2 Å². The number of ether oxygens (including phenoxy) is 2. The summed E-state index contributed by atoms with van der Waals surface area (Å²) in [6.45, 7) is 17.5. The van der Waals surface area contributed by atoms with Gasteiger partial charge in [-0.3, -0.25) is 24.2 Å². The molecule has 82 heavy (non-hydrogen) atoms. The van der Waals surface area contributed by atoms with Gasteiger partial charge in [0.25, 0.3) is 11.8 Å². The normalized spacial score (nSPS) is 15.1. The van der Waals surface area contributed by atoms with Gasteiger partial charge in [0.1, 0.15) is 39.9 Å². The van der Waals surface area contributed by atoms with E-state index in [4.69, 9.17) is 19.4 Å². The number of imidazole rings is 2. The molecule has 2 aliphatic rings. The SMILES string of the molecule is CCc1ccnc(NC(=O)c2ccc(-c3nc([C@@H]4CCCCN4C(=O)OC(C)(C)C)n(NC)c3C(=O)O)cc2)c1.CCc1ccnc(NC(=O)c2ccc(-c3nc([C@@H]4CCCCN4C(=O)OC(C)(C)C)n(NC)c3C(C)=O)cc2)c1.[Li+].[OH-]. The van der Waals surface area contributed by atoms with Gasteiger partial charge >= 0.3 is 37.0 Å². The first-order valence-corrected chi connectivity index (χ1v) is 27.1. The van der Waals surface area contributed by atoms with E-state index in [9.17, 15) is 33.9 Å². The van der Waals surface area contributed by atoms with Crippen LogP contribution in [0.25, 0.3) is 22.5 Å². The van der Waals surface area contributed by atoms with Crippen molar-refractivity contribution in [2.75, 3.05) is 48.7 Å². The molecule has 0 bridgehead atoms. The van der Waals surface area contributed by atoms with Gasteiger partial charge in [0.15, 0.2) is 23.1 Å². The van der Waals surface area contributed by atoms with Crippen LogP contribution < -0.4 is 40.3 Å². The molecule has 4 aromatic heterocycles. The zero-order valence-corrected chi connectivity index (χ0v) is 49.0. The molecule has 2 fully saturated rings. The topological polar surface area (TPSA) is 287 Å². The van der Waals surface area contributed by atoms with Crippen molar-refractivity contribution in [1.29, 1.82) is 0 Å². The Balaban J connectivity index is 0.000000293. The summed E-state index contributed by atoms with van der Waals surface area (Å²) in [5.74, 6) is -0.0372. The van der Waals surface area contributed by atoms with E-state index in [1.54, 1.807) is 89.5 Å².